The van der Waals surface area contributed by atoms with Crippen LogP contribution in [0.1, 0.15) is 28.4 Å². The van der Waals surface area contributed by atoms with E-state index in [1.165, 1.54) is 6.20 Å². The highest BCUT2D eigenvalue weighted by Gasteiger charge is 2.39. The number of amides is 2. The van der Waals surface area contributed by atoms with E-state index < -0.39 is 11.5 Å². The van der Waals surface area contributed by atoms with Crippen LogP contribution in [0.25, 0.3) is 0 Å². The smallest absolute Gasteiger partial charge is 0.255 e. The number of rotatable bonds is 5. The Morgan fingerprint density at radius 3 is 2.85 bits per heavy atom. The molecule has 7 heteroatoms. The fraction of sp³-hybridized carbons (Fsp3) is 0.350. The molecule has 3 rings (SSSR count). The van der Waals surface area contributed by atoms with Crippen molar-refractivity contribution in [1.82, 2.24) is 9.88 Å². The van der Waals surface area contributed by atoms with Gasteiger partial charge in [-0.05, 0) is 30.2 Å². The van der Waals surface area contributed by atoms with Crippen LogP contribution in [-0.4, -0.2) is 54.1 Å². The third-order valence-corrected chi connectivity index (χ3v) is 4.71. The monoisotopic (exact) mass is 369 g/mol. The van der Waals surface area contributed by atoms with Crippen molar-refractivity contribution in [2.45, 2.75) is 18.9 Å². The number of primary amides is 1. The maximum atomic E-state index is 12.9. The van der Waals surface area contributed by atoms with Gasteiger partial charge in [-0.2, -0.15) is 0 Å². The molecule has 1 aromatic heterocycles. The molecule has 2 N–H and O–H groups in total. The number of para-hydroxylation sites is 1. The van der Waals surface area contributed by atoms with Crippen molar-refractivity contribution < 1.29 is 19.1 Å². The topological polar surface area (TPSA) is 94.8 Å². The minimum absolute atomic E-state index is 0.123. The molecule has 0 saturated carbocycles. The number of methoxy groups -OCH3 is 1. The van der Waals surface area contributed by atoms with Gasteiger partial charge >= 0.3 is 0 Å². The summed E-state index contributed by atoms with van der Waals surface area (Å²) in [5, 5.41) is 0. The standard InChI is InChI=1S/C20H23N3O4/c1-20(19(21)25)13-23(7-8-27-20)18(24)16-10-14(11-22-12-16)9-15-5-3-4-6-17(15)26-2/h3-6,10-12H,7-9,13H2,1-2H3,(H2,21,25)/t20-/m1/s1. The third kappa shape index (κ3) is 4.09. The van der Waals surface area contributed by atoms with E-state index in [1.807, 2.05) is 30.3 Å². The van der Waals surface area contributed by atoms with Gasteiger partial charge in [0.2, 0.25) is 0 Å². The highest BCUT2D eigenvalue weighted by Crippen LogP contribution is 2.22. The number of nitrogens with two attached hydrogens (primary N) is 1. The van der Waals surface area contributed by atoms with Crippen LogP contribution in [0.5, 0.6) is 5.75 Å². The van der Waals surface area contributed by atoms with Crippen molar-refractivity contribution in [2.75, 3.05) is 26.8 Å². The number of carbonyl (C=O) groups excluding carboxylic acids is 2. The zero-order valence-electron chi connectivity index (χ0n) is 15.5. The number of pyridine rings is 1. The second kappa shape index (κ2) is 7.75. The molecule has 1 saturated heterocycles. The first kappa shape index (κ1) is 18.8. The lowest BCUT2D eigenvalue weighted by Gasteiger charge is -2.38. The molecular formula is C20H23N3O4. The average molecular weight is 369 g/mol. The van der Waals surface area contributed by atoms with E-state index in [-0.39, 0.29) is 19.1 Å². The van der Waals surface area contributed by atoms with Crippen LogP contribution < -0.4 is 10.5 Å². The Morgan fingerprint density at radius 1 is 1.33 bits per heavy atom. The molecule has 2 aromatic rings. The lowest BCUT2D eigenvalue weighted by atomic mass is 10.0. The molecule has 0 bridgehead atoms. The highest BCUT2D eigenvalue weighted by molar-refractivity contribution is 5.95. The Balaban J connectivity index is 1.79. The molecular weight excluding hydrogens is 346 g/mol. The third-order valence-electron chi connectivity index (χ3n) is 4.71. The molecule has 2 heterocycles. The molecule has 142 valence electrons. The van der Waals surface area contributed by atoms with Crippen molar-refractivity contribution in [1.29, 1.82) is 0 Å². The van der Waals surface area contributed by atoms with E-state index in [0.717, 1.165) is 16.9 Å². The van der Waals surface area contributed by atoms with Gasteiger partial charge < -0.3 is 20.1 Å². The maximum absolute atomic E-state index is 12.9. The molecule has 1 fully saturated rings. The summed E-state index contributed by atoms with van der Waals surface area (Å²) in [6.07, 6.45) is 3.86. The van der Waals surface area contributed by atoms with Crippen molar-refractivity contribution in [3.63, 3.8) is 0 Å². The Kier molecular flexibility index (Phi) is 5.41. The number of nitrogens with zero attached hydrogens (tertiary/aromatic N) is 2. The van der Waals surface area contributed by atoms with Crippen LogP contribution >= 0.6 is 0 Å². The number of carbonyl (C=O) groups is 2. The lowest BCUT2D eigenvalue weighted by Crippen LogP contribution is -2.58. The Labute approximate surface area is 158 Å². The fourth-order valence-electron chi connectivity index (χ4n) is 3.15. The average Bonchev–Trinajstić information content (AvgIpc) is 2.68. The summed E-state index contributed by atoms with van der Waals surface area (Å²) in [4.78, 5) is 30.3. The van der Waals surface area contributed by atoms with Crippen LogP contribution in [0.3, 0.4) is 0 Å². The molecule has 1 aromatic carbocycles. The van der Waals surface area contributed by atoms with Gasteiger partial charge in [0, 0.05) is 25.4 Å². The summed E-state index contributed by atoms with van der Waals surface area (Å²) in [7, 11) is 1.63. The summed E-state index contributed by atoms with van der Waals surface area (Å²) in [5.41, 5.74) is 6.62. The summed E-state index contributed by atoms with van der Waals surface area (Å²) >= 11 is 0. The van der Waals surface area contributed by atoms with Crippen molar-refractivity contribution in [3.05, 3.63) is 59.4 Å². The summed E-state index contributed by atoms with van der Waals surface area (Å²) in [6, 6.07) is 9.55. The van der Waals surface area contributed by atoms with Gasteiger partial charge in [0.25, 0.3) is 11.8 Å². The van der Waals surface area contributed by atoms with Gasteiger partial charge in [-0.1, -0.05) is 18.2 Å². The Morgan fingerprint density at radius 2 is 2.11 bits per heavy atom. The molecule has 1 aliphatic heterocycles. The quantitative estimate of drug-likeness (QED) is 0.860. The number of aromatic nitrogens is 1. The molecule has 2 amide bonds. The zero-order chi connectivity index (χ0) is 19.4. The number of morpholine rings is 1. The SMILES string of the molecule is COc1ccccc1Cc1cncc(C(=O)N2CCO[C@@](C)(C(N)=O)C2)c1. The summed E-state index contributed by atoms with van der Waals surface area (Å²) in [6.45, 7) is 2.39. The normalized spacial score (nSPS) is 19.6. The predicted molar refractivity (Wildman–Crippen MR) is 99.5 cm³/mol. The largest absolute Gasteiger partial charge is 0.496 e. The number of hydrogen-bond donors (Lipinski definition) is 1. The number of ether oxygens (including phenoxy) is 2. The molecule has 1 atom stereocenters. The summed E-state index contributed by atoms with van der Waals surface area (Å²) < 4.78 is 10.9. The minimum Gasteiger partial charge on any atom is -0.496 e. The lowest BCUT2D eigenvalue weighted by molar-refractivity contribution is -0.150. The van der Waals surface area contributed by atoms with Gasteiger partial charge in [-0.3, -0.25) is 14.6 Å². The van der Waals surface area contributed by atoms with Crippen molar-refractivity contribution in [2.24, 2.45) is 5.73 Å². The van der Waals surface area contributed by atoms with Crippen molar-refractivity contribution in [3.8, 4) is 5.75 Å². The molecule has 1 aliphatic rings. The van der Waals surface area contributed by atoms with E-state index in [4.69, 9.17) is 15.2 Å². The molecule has 0 spiro atoms. The second-order valence-corrected chi connectivity index (χ2v) is 6.74. The van der Waals surface area contributed by atoms with Gasteiger partial charge in [0.05, 0.1) is 25.8 Å². The van der Waals surface area contributed by atoms with Crippen molar-refractivity contribution >= 4 is 11.8 Å². The molecule has 0 radical (unpaired) electrons. The molecule has 0 unspecified atom stereocenters. The number of hydrogen-bond acceptors (Lipinski definition) is 5. The second-order valence-electron chi connectivity index (χ2n) is 6.74. The van der Waals surface area contributed by atoms with Crippen LogP contribution in [0.2, 0.25) is 0 Å². The van der Waals surface area contributed by atoms with Crippen LogP contribution in [0, 0.1) is 0 Å². The van der Waals surface area contributed by atoms with Gasteiger partial charge in [0.15, 0.2) is 5.60 Å². The van der Waals surface area contributed by atoms with E-state index in [9.17, 15) is 9.59 Å². The summed E-state index contributed by atoms with van der Waals surface area (Å²) in [5.74, 6) is 0.0165. The van der Waals surface area contributed by atoms with E-state index in [0.29, 0.717) is 18.5 Å². The highest BCUT2D eigenvalue weighted by atomic mass is 16.5. The fourth-order valence-corrected chi connectivity index (χ4v) is 3.15. The predicted octanol–water partition coefficient (Wildman–Crippen LogP) is 1.40. The minimum atomic E-state index is -1.17. The van der Waals surface area contributed by atoms with Crippen LogP contribution in [0.15, 0.2) is 42.7 Å². The van der Waals surface area contributed by atoms with Gasteiger partial charge in [0.1, 0.15) is 5.75 Å². The van der Waals surface area contributed by atoms with E-state index >= 15 is 0 Å². The van der Waals surface area contributed by atoms with E-state index in [1.54, 1.807) is 25.1 Å². The molecule has 27 heavy (non-hydrogen) atoms. The molecule has 0 aliphatic carbocycles. The molecule has 7 nitrogen and oxygen atoms in total. The van der Waals surface area contributed by atoms with Crippen LogP contribution in [-0.2, 0) is 16.0 Å². The van der Waals surface area contributed by atoms with E-state index in [2.05, 4.69) is 4.98 Å². The Bertz CT molecular complexity index is 855. The zero-order valence-corrected chi connectivity index (χ0v) is 15.5. The first-order valence-electron chi connectivity index (χ1n) is 8.72. The number of benzene rings is 1. The first-order chi connectivity index (χ1) is 12.9. The van der Waals surface area contributed by atoms with Crippen LogP contribution in [0.4, 0.5) is 0 Å². The maximum Gasteiger partial charge on any atom is 0.255 e. The first-order valence-corrected chi connectivity index (χ1v) is 8.72. The van der Waals surface area contributed by atoms with Gasteiger partial charge in [-0.15, -0.1) is 0 Å². The van der Waals surface area contributed by atoms with Gasteiger partial charge in [-0.25, -0.2) is 0 Å². The Hall–Kier alpha value is -2.93.